The van der Waals surface area contributed by atoms with Gasteiger partial charge in [0.25, 0.3) is 0 Å². The Morgan fingerprint density at radius 2 is 1.61 bits per heavy atom. The van der Waals surface area contributed by atoms with Crippen LogP contribution in [0.25, 0.3) is 0 Å². The number of unbranched alkanes of at least 4 members (excludes halogenated alkanes) is 1. The van der Waals surface area contributed by atoms with Crippen LogP contribution < -0.4 is 0 Å². The lowest BCUT2D eigenvalue weighted by Gasteiger charge is -2.17. The summed E-state index contributed by atoms with van der Waals surface area (Å²) >= 11 is 0. The number of carbonyl (C=O) groups excluding carboxylic acids is 1. The molecule has 0 aromatic heterocycles. The predicted octanol–water partition coefficient (Wildman–Crippen LogP) is 6.57. The van der Waals surface area contributed by atoms with Gasteiger partial charge in [-0.3, -0.25) is 9.79 Å². The molecule has 0 fully saturated rings. The molecule has 0 amide bonds. The van der Waals surface area contributed by atoms with Crippen LogP contribution in [0.15, 0.2) is 23.2 Å². The molecular weight excluding hydrogens is 282 g/mol. The highest BCUT2D eigenvalue weighted by Crippen LogP contribution is 2.35. The van der Waals surface area contributed by atoms with Crippen LogP contribution in [-0.2, 0) is 4.79 Å². The Labute approximate surface area is 142 Å². The third-order valence-electron chi connectivity index (χ3n) is 4.23. The highest BCUT2D eigenvalue weighted by molar-refractivity contribution is 6.03. The quantitative estimate of drug-likeness (QED) is 0.474. The third kappa shape index (κ3) is 5.93. The van der Waals surface area contributed by atoms with Crippen molar-refractivity contribution in [1.29, 1.82) is 0 Å². The van der Waals surface area contributed by atoms with Gasteiger partial charge in [-0.05, 0) is 35.8 Å². The Kier molecular flexibility index (Phi) is 8.22. The number of Topliss-reactive ketones (excluding diaryl/α,β-unsaturated/α-hetero) is 1. The zero-order valence-corrected chi connectivity index (χ0v) is 15.8. The predicted molar refractivity (Wildman–Crippen MR) is 101 cm³/mol. The van der Waals surface area contributed by atoms with E-state index in [9.17, 15) is 4.79 Å². The van der Waals surface area contributed by atoms with E-state index in [1.807, 2.05) is 0 Å². The molecule has 0 unspecified atom stereocenters. The molecule has 2 heteroatoms. The van der Waals surface area contributed by atoms with E-state index < -0.39 is 0 Å². The summed E-state index contributed by atoms with van der Waals surface area (Å²) < 4.78 is 0. The van der Waals surface area contributed by atoms with Gasteiger partial charge in [0.05, 0.1) is 5.69 Å². The summed E-state index contributed by atoms with van der Waals surface area (Å²) in [5, 5.41) is 0. The highest BCUT2D eigenvalue weighted by Gasteiger charge is 2.14. The second-order valence-corrected chi connectivity index (χ2v) is 6.95. The fourth-order valence-corrected chi connectivity index (χ4v) is 2.73. The first-order chi connectivity index (χ1) is 10.9. The number of aliphatic imine (C=N–C) groups is 1. The first-order valence-corrected chi connectivity index (χ1v) is 9.11. The van der Waals surface area contributed by atoms with Gasteiger partial charge in [0, 0.05) is 18.6 Å². The molecule has 1 rings (SSSR count). The Balaban J connectivity index is 3.17. The van der Waals surface area contributed by atoms with Crippen molar-refractivity contribution in [3.8, 4) is 0 Å². The average Bonchev–Trinajstić information content (AvgIpc) is 2.51. The molecule has 0 atom stereocenters. The van der Waals surface area contributed by atoms with Crippen LogP contribution >= 0.6 is 0 Å². The summed E-state index contributed by atoms with van der Waals surface area (Å²) in [5.41, 5.74) is 4.67. The molecule has 1 aromatic rings. The van der Waals surface area contributed by atoms with E-state index in [-0.39, 0.29) is 0 Å². The zero-order chi connectivity index (χ0) is 17.4. The second kappa shape index (κ2) is 9.64. The average molecular weight is 316 g/mol. The normalized spacial score (nSPS) is 12.3. The van der Waals surface area contributed by atoms with Crippen LogP contribution in [-0.4, -0.2) is 11.5 Å². The standard InChI is InChI=1S/C21H33NO/c1-7-9-11-18(23)14-17(8-2)22-21-19(15(3)4)12-10-13-20(21)16(5)6/h10,12-13,15-16H,7-9,11,14H2,1-6H3. The summed E-state index contributed by atoms with van der Waals surface area (Å²) in [7, 11) is 0. The van der Waals surface area contributed by atoms with E-state index in [4.69, 9.17) is 4.99 Å². The van der Waals surface area contributed by atoms with Crippen molar-refractivity contribution in [3.63, 3.8) is 0 Å². The van der Waals surface area contributed by atoms with Crippen LogP contribution in [0.4, 0.5) is 5.69 Å². The van der Waals surface area contributed by atoms with Gasteiger partial charge < -0.3 is 0 Å². The zero-order valence-electron chi connectivity index (χ0n) is 15.8. The van der Waals surface area contributed by atoms with Crippen LogP contribution in [0.2, 0.25) is 0 Å². The molecule has 0 heterocycles. The molecule has 23 heavy (non-hydrogen) atoms. The summed E-state index contributed by atoms with van der Waals surface area (Å²) in [4.78, 5) is 17.1. The Morgan fingerprint density at radius 1 is 1.04 bits per heavy atom. The lowest BCUT2D eigenvalue weighted by atomic mass is 9.92. The maximum atomic E-state index is 12.1. The van der Waals surface area contributed by atoms with E-state index in [2.05, 4.69) is 59.7 Å². The number of nitrogens with zero attached hydrogens (tertiary/aromatic N) is 1. The van der Waals surface area contributed by atoms with Gasteiger partial charge in [-0.2, -0.15) is 0 Å². The Bertz CT molecular complexity index is 515. The van der Waals surface area contributed by atoms with Crippen molar-refractivity contribution in [1.82, 2.24) is 0 Å². The first-order valence-electron chi connectivity index (χ1n) is 9.11. The number of ketones is 1. The van der Waals surface area contributed by atoms with Gasteiger partial charge >= 0.3 is 0 Å². The minimum absolute atomic E-state index is 0.320. The highest BCUT2D eigenvalue weighted by atomic mass is 16.1. The van der Waals surface area contributed by atoms with Crippen LogP contribution in [0.3, 0.4) is 0 Å². The number of benzene rings is 1. The van der Waals surface area contributed by atoms with E-state index in [1.165, 1.54) is 11.1 Å². The minimum Gasteiger partial charge on any atom is -0.299 e. The Morgan fingerprint density at radius 3 is 2.04 bits per heavy atom. The first kappa shape index (κ1) is 19.6. The van der Waals surface area contributed by atoms with Crippen molar-refractivity contribution < 1.29 is 4.79 Å². The number of carbonyl (C=O) groups is 1. The minimum atomic E-state index is 0.320. The smallest absolute Gasteiger partial charge is 0.138 e. The molecule has 0 saturated heterocycles. The molecule has 2 nitrogen and oxygen atoms in total. The number of hydrogen-bond acceptors (Lipinski definition) is 2. The molecule has 128 valence electrons. The molecule has 0 aliphatic rings. The molecule has 0 N–H and O–H groups in total. The maximum absolute atomic E-state index is 12.1. The monoisotopic (exact) mass is 315 g/mol. The van der Waals surface area contributed by atoms with Crippen LogP contribution in [0.5, 0.6) is 0 Å². The van der Waals surface area contributed by atoms with Crippen molar-refractivity contribution >= 4 is 17.2 Å². The molecule has 0 saturated carbocycles. The Hall–Kier alpha value is -1.44. The summed E-state index contributed by atoms with van der Waals surface area (Å²) in [6, 6.07) is 6.46. The lowest BCUT2D eigenvalue weighted by Crippen LogP contribution is -2.07. The van der Waals surface area contributed by atoms with E-state index >= 15 is 0 Å². The molecule has 0 bridgehead atoms. The summed E-state index contributed by atoms with van der Waals surface area (Å²) in [5.74, 6) is 1.18. The fourth-order valence-electron chi connectivity index (χ4n) is 2.73. The van der Waals surface area contributed by atoms with Gasteiger partial charge in [-0.25, -0.2) is 0 Å². The second-order valence-electron chi connectivity index (χ2n) is 6.95. The van der Waals surface area contributed by atoms with E-state index in [0.717, 1.165) is 30.7 Å². The topological polar surface area (TPSA) is 29.4 Å². The molecule has 0 spiro atoms. The maximum Gasteiger partial charge on any atom is 0.138 e. The molecule has 0 radical (unpaired) electrons. The molecule has 1 aromatic carbocycles. The summed E-state index contributed by atoms with van der Waals surface area (Å²) in [6.45, 7) is 13.0. The molecule has 0 aliphatic heterocycles. The summed E-state index contributed by atoms with van der Waals surface area (Å²) in [6.07, 6.45) is 4.06. The van der Waals surface area contributed by atoms with Gasteiger partial charge in [0.2, 0.25) is 0 Å². The lowest BCUT2D eigenvalue weighted by molar-refractivity contribution is -0.118. The number of rotatable bonds is 9. The van der Waals surface area contributed by atoms with Crippen LogP contribution in [0.1, 0.15) is 96.6 Å². The van der Waals surface area contributed by atoms with Crippen molar-refractivity contribution in [2.75, 3.05) is 0 Å². The third-order valence-corrected chi connectivity index (χ3v) is 4.23. The van der Waals surface area contributed by atoms with Gasteiger partial charge in [-0.15, -0.1) is 0 Å². The van der Waals surface area contributed by atoms with Crippen molar-refractivity contribution in [3.05, 3.63) is 29.3 Å². The molecular formula is C21H33NO. The molecule has 0 aliphatic carbocycles. The van der Waals surface area contributed by atoms with Gasteiger partial charge in [0.15, 0.2) is 0 Å². The van der Waals surface area contributed by atoms with Crippen molar-refractivity contribution in [2.45, 2.75) is 85.5 Å². The van der Waals surface area contributed by atoms with Crippen LogP contribution in [0, 0.1) is 0 Å². The number of hydrogen-bond donors (Lipinski definition) is 0. The largest absolute Gasteiger partial charge is 0.299 e. The SMILES string of the molecule is CCCCC(=O)CC(CC)=Nc1c(C(C)C)cccc1C(C)C. The number of para-hydroxylation sites is 1. The van der Waals surface area contributed by atoms with E-state index in [1.54, 1.807) is 0 Å². The van der Waals surface area contributed by atoms with Crippen molar-refractivity contribution in [2.24, 2.45) is 4.99 Å². The van der Waals surface area contributed by atoms with Gasteiger partial charge in [0.1, 0.15) is 5.78 Å². The van der Waals surface area contributed by atoms with Gasteiger partial charge in [-0.1, -0.05) is 66.2 Å². The fraction of sp³-hybridized carbons (Fsp3) is 0.619. The van der Waals surface area contributed by atoms with E-state index in [0.29, 0.717) is 30.5 Å².